The van der Waals surface area contributed by atoms with Gasteiger partial charge in [-0.25, -0.2) is 9.78 Å². The van der Waals surface area contributed by atoms with Crippen LogP contribution in [-0.2, 0) is 29.3 Å². The maximum absolute atomic E-state index is 13.2. The second-order valence-electron chi connectivity index (χ2n) is 9.29. The molecule has 1 aliphatic carbocycles. The zero-order valence-electron chi connectivity index (χ0n) is 20.4. The summed E-state index contributed by atoms with van der Waals surface area (Å²) in [6.45, 7) is 2.11. The Hall–Kier alpha value is -3.43. The highest BCUT2D eigenvalue weighted by atomic mass is 32.2. The van der Waals surface area contributed by atoms with Gasteiger partial charge in [-0.3, -0.25) is 4.72 Å². The van der Waals surface area contributed by atoms with Gasteiger partial charge in [0.05, 0.1) is 11.1 Å². The average molecular weight is 537 g/mol. The monoisotopic (exact) mass is 536 g/mol. The molecule has 2 heterocycles. The molecule has 1 saturated carbocycles. The van der Waals surface area contributed by atoms with E-state index in [0.29, 0.717) is 24.3 Å². The highest BCUT2D eigenvalue weighted by Crippen LogP contribution is 2.48. The van der Waals surface area contributed by atoms with Crippen molar-refractivity contribution >= 4 is 27.0 Å². The summed E-state index contributed by atoms with van der Waals surface area (Å²) in [5, 5.41) is 12.4. The largest absolute Gasteiger partial charge is 0.507 e. The first kappa shape index (κ1) is 25.2. The normalized spacial score (nSPS) is 14.4. The van der Waals surface area contributed by atoms with Gasteiger partial charge in [0.25, 0.3) is 10.0 Å². The molecule has 7 nitrogen and oxygen atoms in total. The molecule has 0 saturated heterocycles. The molecule has 2 aromatic carbocycles. The van der Waals surface area contributed by atoms with Crippen LogP contribution in [0.1, 0.15) is 53.7 Å². The standard InChI is InChI=1S/C28H28N2O5S2/c1-2-18-6-3-4-7-19(18)12-13-23-15-24(31)27(28(32)35-23)26(20-10-11-20)21-8-5-9-22(14-21)30-37(33,34)25-16-36-17-29-25/h3-9,14-17,20,26,30-31H,2,10-13H2,1H3. The van der Waals surface area contributed by atoms with Gasteiger partial charge in [-0.1, -0.05) is 43.3 Å². The number of nitrogens with zero attached hydrogens (tertiary/aromatic N) is 1. The van der Waals surface area contributed by atoms with Gasteiger partial charge in [-0.05, 0) is 60.4 Å². The number of aromatic hydroxyl groups is 1. The molecule has 9 heteroatoms. The van der Waals surface area contributed by atoms with E-state index in [9.17, 15) is 18.3 Å². The quantitative estimate of drug-likeness (QED) is 0.277. The molecule has 0 bridgehead atoms. The first-order chi connectivity index (χ1) is 17.9. The summed E-state index contributed by atoms with van der Waals surface area (Å²) in [5.74, 6) is 0.133. The molecule has 0 aliphatic heterocycles. The number of benzene rings is 2. The fraction of sp³-hybridized carbons (Fsp3) is 0.286. The number of anilines is 1. The Morgan fingerprint density at radius 3 is 2.57 bits per heavy atom. The van der Waals surface area contributed by atoms with E-state index in [1.165, 1.54) is 33.4 Å². The topological polar surface area (TPSA) is 110 Å². The van der Waals surface area contributed by atoms with Crippen molar-refractivity contribution in [1.29, 1.82) is 0 Å². The van der Waals surface area contributed by atoms with Crippen molar-refractivity contribution < 1.29 is 17.9 Å². The molecule has 0 radical (unpaired) electrons. The number of sulfonamides is 1. The second-order valence-corrected chi connectivity index (χ2v) is 11.6. The van der Waals surface area contributed by atoms with Crippen molar-refractivity contribution in [2.24, 2.45) is 5.92 Å². The lowest BCUT2D eigenvalue weighted by Gasteiger charge is -2.19. The van der Waals surface area contributed by atoms with Crippen LogP contribution in [0.4, 0.5) is 5.69 Å². The van der Waals surface area contributed by atoms with Crippen LogP contribution in [0.3, 0.4) is 0 Å². The smallest absolute Gasteiger partial charge is 0.343 e. The molecule has 0 spiro atoms. The van der Waals surface area contributed by atoms with Gasteiger partial charge in [0, 0.05) is 29.5 Å². The molecule has 192 valence electrons. The van der Waals surface area contributed by atoms with Crippen LogP contribution < -0.4 is 10.3 Å². The highest BCUT2D eigenvalue weighted by Gasteiger charge is 2.37. The Balaban J connectivity index is 1.41. The van der Waals surface area contributed by atoms with Crippen LogP contribution in [-0.4, -0.2) is 18.5 Å². The zero-order valence-corrected chi connectivity index (χ0v) is 22.0. The zero-order chi connectivity index (χ0) is 26.0. The van der Waals surface area contributed by atoms with Gasteiger partial charge in [-0.2, -0.15) is 8.42 Å². The SMILES string of the molecule is CCc1ccccc1CCc1cc(O)c(C(c2cccc(NS(=O)(=O)c3cscn3)c2)C2CC2)c(=O)o1. The van der Waals surface area contributed by atoms with Gasteiger partial charge in [0.2, 0.25) is 0 Å². The molecular weight excluding hydrogens is 508 g/mol. The predicted octanol–water partition coefficient (Wildman–Crippen LogP) is 5.49. The summed E-state index contributed by atoms with van der Waals surface area (Å²) in [6.07, 6.45) is 3.95. The lowest BCUT2D eigenvalue weighted by atomic mass is 9.87. The van der Waals surface area contributed by atoms with Crippen LogP contribution in [0.5, 0.6) is 5.75 Å². The number of hydrogen-bond donors (Lipinski definition) is 2. The van der Waals surface area contributed by atoms with Gasteiger partial charge >= 0.3 is 5.63 Å². The lowest BCUT2D eigenvalue weighted by molar-refractivity contribution is 0.403. The fourth-order valence-corrected chi connectivity index (χ4v) is 6.68. The first-order valence-corrected chi connectivity index (χ1v) is 14.7. The minimum atomic E-state index is -3.82. The maximum atomic E-state index is 13.2. The second kappa shape index (κ2) is 10.5. The number of thiazole rings is 1. The van der Waals surface area contributed by atoms with Crippen molar-refractivity contribution in [2.75, 3.05) is 4.72 Å². The Labute approximate surface area is 219 Å². The number of rotatable bonds is 10. The third-order valence-corrected chi connectivity index (χ3v) is 8.76. The van der Waals surface area contributed by atoms with E-state index in [-0.39, 0.29) is 22.3 Å². The van der Waals surface area contributed by atoms with Gasteiger partial charge in [0.15, 0.2) is 5.03 Å². The van der Waals surface area contributed by atoms with Crippen LogP contribution in [0.2, 0.25) is 0 Å². The molecular formula is C28H28N2O5S2. The van der Waals surface area contributed by atoms with Crippen molar-refractivity contribution in [3.63, 3.8) is 0 Å². The molecule has 1 atom stereocenters. The lowest BCUT2D eigenvalue weighted by Crippen LogP contribution is -2.17. The Morgan fingerprint density at radius 2 is 1.89 bits per heavy atom. The van der Waals surface area contributed by atoms with Gasteiger partial charge < -0.3 is 9.52 Å². The molecule has 1 fully saturated rings. The van der Waals surface area contributed by atoms with Crippen LogP contribution in [0.15, 0.2) is 79.7 Å². The average Bonchev–Trinajstić information content (AvgIpc) is 3.54. The maximum Gasteiger partial charge on any atom is 0.343 e. The van der Waals surface area contributed by atoms with Crippen LogP contribution in [0, 0.1) is 5.92 Å². The molecule has 0 amide bonds. The van der Waals surface area contributed by atoms with Crippen molar-refractivity contribution in [3.8, 4) is 5.75 Å². The number of aromatic nitrogens is 1. The van der Waals surface area contributed by atoms with Crippen molar-refractivity contribution in [2.45, 2.75) is 50.0 Å². The predicted molar refractivity (Wildman–Crippen MR) is 144 cm³/mol. The number of aryl methyl sites for hydroxylation is 3. The summed E-state index contributed by atoms with van der Waals surface area (Å²) in [4.78, 5) is 17.1. The number of nitrogens with one attached hydrogen (secondary N) is 1. The third-order valence-electron chi connectivity index (χ3n) is 6.74. The summed E-state index contributed by atoms with van der Waals surface area (Å²) < 4.78 is 33.5. The van der Waals surface area contributed by atoms with Crippen LogP contribution in [0.25, 0.3) is 0 Å². The van der Waals surface area contributed by atoms with E-state index in [2.05, 4.69) is 28.8 Å². The van der Waals surface area contributed by atoms with E-state index in [1.54, 1.807) is 24.3 Å². The summed E-state index contributed by atoms with van der Waals surface area (Å²) in [7, 11) is -3.82. The number of hydrogen-bond acceptors (Lipinski definition) is 7. The van der Waals surface area contributed by atoms with E-state index < -0.39 is 21.6 Å². The summed E-state index contributed by atoms with van der Waals surface area (Å²) >= 11 is 1.20. The highest BCUT2D eigenvalue weighted by molar-refractivity contribution is 7.92. The van der Waals surface area contributed by atoms with Gasteiger partial charge in [-0.15, -0.1) is 11.3 Å². The van der Waals surface area contributed by atoms with Gasteiger partial charge in [0.1, 0.15) is 11.5 Å². The summed E-state index contributed by atoms with van der Waals surface area (Å²) in [5.41, 5.74) is 4.69. The summed E-state index contributed by atoms with van der Waals surface area (Å²) in [6, 6.07) is 16.7. The van der Waals surface area contributed by atoms with Crippen LogP contribution >= 0.6 is 11.3 Å². The van der Waals surface area contributed by atoms with Crippen molar-refractivity contribution in [1.82, 2.24) is 4.98 Å². The molecule has 4 aromatic rings. The Morgan fingerprint density at radius 1 is 1.11 bits per heavy atom. The Kier molecular flexibility index (Phi) is 7.17. The molecule has 1 unspecified atom stereocenters. The fourth-order valence-electron chi connectivity index (χ4n) is 4.79. The Bertz CT molecular complexity index is 1560. The molecule has 2 aromatic heterocycles. The first-order valence-electron chi connectivity index (χ1n) is 12.3. The molecule has 37 heavy (non-hydrogen) atoms. The molecule has 2 N–H and O–H groups in total. The van der Waals surface area contributed by atoms with E-state index in [1.807, 2.05) is 18.2 Å². The molecule has 1 aliphatic rings. The molecule has 5 rings (SSSR count). The van der Waals surface area contributed by atoms with E-state index >= 15 is 0 Å². The van der Waals surface area contributed by atoms with E-state index in [4.69, 9.17) is 4.42 Å². The van der Waals surface area contributed by atoms with E-state index in [0.717, 1.165) is 24.8 Å². The third kappa shape index (κ3) is 5.62. The minimum absolute atomic E-state index is 0.0444. The van der Waals surface area contributed by atoms with Crippen molar-refractivity contribution in [3.05, 3.63) is 104 Å². The minimum Gasteiger partial charge on any atom is -0.507 e.